The minimum atomic E-state index is -0.377. The second kappa shape index (κ2) is 5.73. The van der Waals surface area contributed by atoms with Gasteiger partial charge in [-0.25, -0.2) is 4.79 Å². The molecule has 2 aromatic carbocycles. The molecule has 0 bridgehead atoms. The molecule has 0 amide bonds. The third-order valence-corrected chi connectivity index (χ3v) is 3.36. The summed E-state index contributed by atoms with van der Waals surface area (Å²) in [6.45, 7) is 0. The molecule has 22 heavy (non-hydrogen) atoms. The summed E-state index contributed by atoms with van der Waals surface area (Å²) in [5.74, 6) is 0.0160. The maximum absolute atomic E-state index is 11.1. The van der Waals surface area contributed by atoms with E-state index in [0.29, 0.717) is 11.4 Å². The average molecular weight is 294 g/mol. The third-order valence-electron chi connectivity index (χ3n) is 3.36. The fourth-order valence-corrected chi connectivity index (χ4v) is 2.16. The second-order valence-corrected chi connectivity index (χ2v) is 4.76. The lowest BCUT2D eigenvalue weighted by Crippen LogP contribution is -1.93. The normalized spacial score (nSPS) is 11.1. The van der Waals surface area contributed by atoms with Gasteiger partial charge in [-0.05, 0) is 34.9 Å². The van der Waals surface area contributed by atoms with Gasteiger partial charge in [0.2, 0.25) is 0 Å². The number of ether oxygens (including phenoxy) is 1. The number of carbonyl (C=O) groups excluding carboxylic acids is 1. The number of anilines is 1. The Balaban J connectivity index is 1.87. The van der Waals surface area contributed by atoms with Crippen molar-refractivity contribution in [3.05, 3.63) is 54.1 Å². The summed E-state index contributed by atoms with van der Waals surface area (Å²) < 4.78 is 9.73. The zero-order chi connectivity index (χ0) is 15.5. The average Bonchev–Trinajstić information content (AvgIpc) is 2.93. The third kappa shape index (κ3) is 2.69. The number of hydrogen-bond acceptors (Lipinski definition) is 5. The van der Waals surface area contributed by atoms with Gasteiger partial charge in [0.1, 0.15) is 0 Å². The van der Waals surface area contributed by atoms with Gasteiger partial charge in [0.05, 0.1) is 12.5 Å². The van der Waals surface area contributed by atoms with Crippen molar-refractivity contribution in [3.8, 4) is 11.1 Å². The Morgan fingerprint density at radius 1 is 1.18 bits per heavy atom. The van der Waals surface area contributed by atoms with Crippen LogP contribution in [0.5, 0.6) is 0 Å². The van der Waals surface area contributed by atoms with Crippen molar-refractivity contribution in [2.75, 3.05) is 12.8 Å². The van der Waals surface area contributed by atoms with E-state index < -0.39 is 0 Å². The van der Waals surface area contributed by atoms with Crippen LogP contribution in [0.4, 0.5) is 5.82 Å². The lowest BCUT2D eigenvalue weighted by Gasteiger charge is -2.02. The molecule has 3 aromatic rings. The summed E-state index contributed by atoms with van der Waals surface area (Å²) in [6, 6.07) is 13.5. The Labute approximate surface area is 127 Å². The summed E-state index contributed by atoms with van der Waals surface area (Å²) in [5, 5.41) is 4.55. The topological polar surface area (TPSA) is 78.4 Å². The highest BCUT2D eigenvalue weighted by Crippen LogP contribution is 2.27. The number of nitrogens with zero attached hydrogens (tertiary/aromatic N) is 1. The molecule has 0 spiro atoms. The first-order chi connectivity index (χ1) is 10.7. The Bertz CT molecular complexity index is 848. The van der Waals surface area contributed by atoms with E-state index in [0.717, 1.165) is 22.1 Å². The number of esters is 1. The molecule has 0 aliphatic rings. The SMILES string of the molecule is COC(=O)/C=C/c1ccc(-c2ccc3c(N)noc3c2)cc1. The molecule has 0 unspecified atom stereocenters. The molecule has 2 N–H and O–H groups in total. The van der Waals surface area contributed by atoms with Crippen molar-refractivity contribution in [1.82, 2.24) is 5.16 Å². The largest absolute Gasteiger partial charge is 0.466 e. The summed E-state index contributed by atoms with van der Waals surface area (Å²) in [5.41, 5.74) is 9.32. The summed E-state index contributed by atoms with van der Waals surface area (Å²) >= 11 is 0. The zero-order valence-corrected chi connectivity index (χ0v) is 11.9. The summed E-state index contributed by atoms with van der Waals surface area (Å²) in [4.78, 5) is 11.1. The van der Waals surface area contributed by atoms with Crippen molar-refractivity contribution >= 4 is 28.8 Å². The van der Waals surface area contributed by atoms with Gasteiger partial charge in [0, 0.05) is 6.08 Å². The molecular weight excluding hydrogens is 280 g/mol. The predicted octanol–water partition coefficient (Wildman–Crippen LogP) is 3.26. The monoisotopic (exact) mass is 294 g/mol. The number of rotatable bonds is 3. The van der Waals surface area contributed by atoms with Crippen LogP contribution in [0.3, 0.4) is 0 Å². The first-order valence-corrected chi connectivity index (χ1v) is 6.69. The van der Waals surface area contributed by atoms with E-state index in [1.54, 1.807) is 6.08 Å². The quantitative estimate of drug-likeness (QED) is 0.592. The molecule has 110 valence electrons. The Morgan fingerprint density at radius 2 is 1.91 bits per heavy atom. The van der Waals surface area contributed by atoms with E-state index in [2.05, 4.69) is 9.89 Å². The maximum Gasteiger partial charge on any atom is 0.330 e. The second-order valence-electron chi connectivity index (χ2n) is 4.76. The molecular formula is C17H14N2O3. The minimum absolute atomic E-state index is 0.377. The van der Waals surface area contributed by atoms with Crippen LogP contribution >= 0.6 is 0 Å². The molecule has 0 atom stereocenters. The Kier molecular flexibility index (Phi) is 3.62. The molecule has 0 saturated carbocycles. The van der Waals surface area contributed by atoms with Crippen LogP contribution in [0.2, 0.25) is 0 Å². The number of fused-ring (bicyclic) bond motifs is 1. The zero-order valence-electron chi connectivity index (χ0n) is 11.9. The number of nitrogen functional groups attached to an aromatic ring is 1. The number of hydrogen-bond donors (Lipinski definition) is 1. The number of nitrogens with two attached hydrogens (primary N) is 1. The highest BCUT2D eigenvalue weighted by atomic mass is 16.5. The van der Waals surface area contributed by atoms with Gasteiger partial charge in [-0.15, -0.1) is 0 Å². The van der Waals surface area contributed by atoms with Gasteiger partial charge in [-0.3, -0.25) is 0 Å². The van der Waals surface area contributed by atoms with Crippen LogP contribution in [0.15, 0.2) is 53.1 Å². The van der Waals surface area contributed by atoms with Crippen LogP contribution in [-0.4, -0.2) is 18.2 Å². The van der Waals surface area contributed by atoms with Crippen molar-refractivity contribution in [2.24, 2.45) is 0 Å². The van der Waals surface area contributed by atoms with Gasteiger partial charge in [0.25, 0.3) is 0 Å². The molecule has 0 aliphatic carbocycles. The van der Waals surface area contributed by atoms with Gasteiger partial charge in [0.15, 0.2) is 11.4 Å². The van der Waals surface area contributed by atoms with Gasteiger partial charge in [-0.2, -0.15) is 0 Å². The number of aromatic nitrogens is 1. The van der Waals surface area contributed by atoms with Crippen molar-refractivity contribution in [1.29, 1.82) is 0 Å². The van der Waals surface area contributed by atoms with Crippen molar-refractivity contribution < 1.29 is 14.1 Å². The summed E-state index contributed by atoms with van der Waals surface area (Å²) in [7, 11) is 1.35. The van der Waals surface area contributed by atoms with Gasteiger partial charge in [-0.1, -0.05) is 35.5 Å². The molecule has 1 heterocycles. The number of methoxy groups -OCH3 is 1. The van der Waals surface area contributed by atoms with Gasteiger partial charge < -0.3 is 15.0 Å². The number of benzene rings is 2. The molecule has 1 aromatic heterocycles. The van der Waals surface area contributed by atoms with Crippen molar-refractivity contribution in [2.45, 2.75) is 0 Å². The van der Waals surface area contributed by atoms with Crippen molar-refractivity contribution in [3.63, 3.8) is 0 Å². The lowest BCUT2D eigenvalue weighted by molar-refractivity contribution is -0.134. The summed E-state index contributed by atoms with van der Waals surface area (Å²) in [6.07, 6.45) is 3.09. The molecule has 0 radical (unpaired) electrons. The fourth-order valence-electron chi connectivity index (χ4n) is 2.16. The first-order valence-electron chi connectivity index (χ1n) is 6.69. The molecule has 0 fully saturated rings. The van der Waals surface area contributed by atoms with Crippen LogP contribution in [0.25, 0.3) is 28.2 Å². The standard InChI is InChI=1S/C17H14N2O3/c1-21-16(20)9-4-11-2-5-12(6-3-11)13-7-8-14-15(10-13)22-19-17(14)18/h2-10H,1H3,(H2,18,19)/b9-4+. The molecule has 5 heteroatoms. The van der Waals surface area contributed by atoms with Crippen LogP contribution < -0.4 is 5.73 Å². The van der Waals surface area contributed by atoms with E-state index in [-0.39, 0.29) is 5.97 Å². The fraction of sp³-hybridized carbons (Fsp3) is 0.0588. The van der Waals surface area contributed by atoms with Crippen LogP contribution in [0.1, 0.15) is 5.56 Å². The van der Waals surface area contributed by atoms with Crippen LogP contribution in [0, 0.1) is 0 Å². The van der Waals surface area contributed by atoms with Gasteiger partial charge >= 0.3 is 5.97 Å². The van der Waals surface area contributed by atoms with E-state index in [4.69, 9.17) is 10.3 Å². The smallest absolute Gasteiger partial charge is 0.330 e. The molecule has 5 nitrogen and oxygen atoms in total. The first kappa shape index (κ1) is 13.9. The van der Waals surface area contributed by atoms with E-state index in [1.807, 2.05) is 42.5 Å². The molecule has 0 saturated heterocycles. The minimum Gasteiger partial charge on any atom is -0.466 e. The molecule has 0 aliphatic heterocycles. The van der Waals surface area contributed by atoms with E-state index in [1.165, 1.54) is 13.2 Å². The lowest BCUT2D eigenvalue weighted by atomic mass is 10.0. The Morgan fingerprint density at radius 3 is 2.64 bits per heavy atom. The van der Waals surface area contributed by atoms with Crippen LogP contribution in [-0.2, 0) is 9.53 Å². The van der Waals surface area contributed by atoms with E-state index in [9.17, 15) is 4.79 Å². The Hall–Kier alpha value is -3.08. The van der Waals surface area contributed by atoms with E-state index >= 15 is 0 Å². The highest BCUT2D eigenvalue weighted by Gasteiger charge is 2.06. The maximum atomic E-state index is 11.1. The highest BCUT2D eigenvalue weighted by molar-refractivity contribution is 5.90. The predicted molar refractivity (Wildman–Crippen MR) is 84.9 cm³/mol. The molecule has 3 rings (SSSR count). The number of carbonyl (C=O) groups is 1.